The van der Waals surface area contributed by atoms with Crippen LogP contribution in [0.15, 0.2) is 34.0 Å². The van der Waals surface area contributed by atoms with Gasteiger partial charge >= 0.3 is 18.1 Å². The van der Waals surface area contributed by atoms with Crippen LogP contribution >= 0.6 is 23.1 Å². The minimum atomic E-state index is -4.68. The molecule has 5 N–H and O–H groups in total. The summed E-state index contributed by atoms with van der Waals surface area (Å²) in [6.45, 7) is -0.869. The fourth-order valence-electron chi connectivity index (χ4n) is 2.93. The van der Waals surface area contributed by atoms with E-state index in [9.17, 15) is 37.5 Å². The minimum Gasteiger partial charge on any atom is -0.479 e. The van der Waals surface area contributed by atoms with E-state index in [1.165, 1.54) is 5.38 Å². The van der Waals surface area contributed by atoms with Gasteiger partial charge < -0.3 is 26.1 Å². The first-order valence-electron chi connectivity index (χ1n) is 9.00. The lowest BCUT2D eigenvalue weighted by atomic mass is 10.0. The number of allylic oxidation sites excluding steroid dienone is 2. The third kappa shape index (κ3) is 5.48. The first kappa shape index (κ1) is 25.0. The van der Waals surface area contributed by atoms with Crippen molar-refractivity contribution < 1.29 is 47.4 Å². The molecule has 0 saturated carbocycles. The molecule has 2 amide bonds. The van der Waals surface area contributed by atoms with Crippen molar-refractivity contribution in [3.05, 3.63) is 34.5 Å². The summed E-state index contributed by atoms with van der Waals surface area (Å²) in [5.74, 6) is -5.00. The van der Waals surface area contributed by atoms with E-state index in [1.807, 2.05) is 0 Å². The number of aliphatic carboxylic acids is 2. The van der Waals surface area contributed by atoms with Crippen molar-refractivity contribution in [3.8, 4) is 0 Å². The number of nitrogens with two attached hydrogens (primary N) is 1. The number of rotatable bonds is 8. The monoisotopic (exact) mass is 521 g/mol. The van der Waals surface area contributed by atoms with Crippen molar-refractivity contribution in [2.24, 2.45) is 5.16 Å². The van der Waals surface area contributed by atoms with Gasteiger partial charge in [0.25, 0.3) is 11.8 Å². The predicted molar refractivity (Wildman–Crippen MR) is 112 cm³/mol. The highest BCUT2D eigenvalue weighted by molar-refractivity contribution is 8.00. The van der Waals surface area contributed by atoms with Crippen molar-refractivity contribution >= 4 is 57.7 Å². The highest BCUT2D eigenvalue weighted by Gasteiger charge is 2.54. The van der Waals surface area contributed by atoms with E-state index >= 15 is 0 Å². The number of hydrogen-bond donors (Lipinski definition) is 4. The Balaban J connectivity index is 1.81. The molecule has 17 heteroatoms. The van der Waals surface area contributed by atoms with E-state index in [2.05, 4.69) is 20.3 Å². The zero-order chi connectivity index (χ0) is 25.2. The SMILES string of the molecule is Nc1nc(C(=NOCC(=O)O)C(=O)NC2C(=O)N3C(C(=O)O)=C(C=CC(F)(F)F)CS[C@H]23)cs1. The number of carboxylic acid groups (broad SMARTS) is 2. The number of carboxylic acids is 2. The number of alkyl halides is 3. The van der Waals surface area contributed by atoms with Crippen LogP contribution in [0.1, 0.15) is 5.69 Å². The average Bonchev–Trinajstić information content (AvgIpc) is 3.17. The molecule has 1 aromatic rings. The first-order chi connectivity index (χ1) is 15.9. The molecule has 1 fully saturated rings. The summed E-state index contributed by atoms with van der Waals surface area (Å²) in [5, 5.41) is 24.4. The maximum Gasteiger partial charge on any atom is 0.409 e. The topological polar surface area (TPSA) is 185 Å². The number of oxime groups is 1. The van der Waals surface area contributed by atoms with Crippen LogP contribution in [0.4, 0.5) is 18.3 Å². The lowest BCUT2D eigenvalue weighted by Gasteiger charge is -2.49. The summed E-state index contributed by atoms with van der Waals surface area (Å²) >= 11 is 1.90. The van der Waals surface area contributed by atoms with Crippen LogP contribution in [0.5, 0.6) is 0 Å². The van der Waals surface area contributed by atoms with Crippen LogP contribution in [0.2, 0.25) is 0 Å². The summed E-state index contributed by atoms with van der Waals surface area (Å²) < 4.78 is 37.5. The lowest BCUT2D eigenvalue weighted by molar-refractivity contribution is -0.150. The average molecular weight is 521 g/mol. The van der Waals surface area contributed by atoms with Crippen LogP contribution in [0, 0.1) is 0 Å². The maximum absolute atomic E-state index is 12.8. The van der Waals surface area contributed by atoms with Gasteiger partial charge in [0.05, 0.1) is 0 Å². The second-order valence-electron chi connectivity index (χ2n) is 6.59. The number of thiazole rings is 1. The number of amides is 2. The fraction of sp³-hybridized carbons (Fsp3) is 0.294. The number of halogens is 3. The number of nitrogen functional groups attached to an aromatic ring is 1. The molecular weight excluding hydrogens is 507 g/mol. The van der Waals surface area contributed by atoms with Crippen molar-refractivity contribution in [3.63, 3.8) is 0 Å². The van der Waals surface area contributed by atoms with Gasteiger partial charge in [-0.3, -0.25) is 14.5 Å². The van der Waals surface area contributed by atoms with Crippen LogP contribution in [0.25, 0.3) is 0 Å². The number of nitrogens with zero attached hydrogens (tertiary/aromatic N) is 3. The molecule has 2 atom stereocenters. The Morgan fingerprint density at radius 1 is 1.38 bits per heavy atom. The van der Waals surface area contributed by atoms with Crippen molar-refractivity contribution in [2.45, 2.75) is 17.6 Å². The number of β-lactam (4-membered cyclic amide) rings is 1. The lowest BCUT2D eigenvalue weighted by Crippen LogP contribution is -2.71. The summed E-state index contributed by atoms with van der Waals surface area (Å²) in [6, 6.07) is -1.24. The van der Waals surface area contributed by atoms with Crippen LogP contribution in [-0.4, -0.2) is 79.5 Å². The Morgan fingerprint density at radius 2 is 2.09 bits per heavy atom. The zero-order valence-corrected chi connectivity index (χ0v) is 18.2. The van der Waals surface area contributed by atoms with Gasteiger partial charge in [0.1, 0.15) is 22.8 Å². The van der Waals surface area contributed by atoms with Gasteiger partial charge in [0.2, 0.25) is 6.61 Å². The van der Waals surface area contributed by atoms with E-state index in [0.717, 1.165) is 28.0 Å². The standard InChI is InChI=1S/C17H14F3N5O7S2/c18-17(19,20)2-1-6-4-33-14-10(13(29)25(14)11(6)15(30)31)23-12(28)9(24-32-3-8(26)27)7-5-34-16(21)22-7/h1-2,5,10,14H,3-4H2,(H2,21,22)(H,23,28)(H,26,27)(H,30,31)/t10?,14-/m1/s1. The highest BCUT2D eigenvalue weighted by atomic mass is 32.2. The largest absolute Gasteiger partial charge is 0.479 e. The summed E-state index contributed by atoms with van der Waals surface area (Å²) in [7, 11) is 0. The quantitative estimate of drug-likeness (QED) is 0.212. The van der Waals surface area contributed by atoms with E-state index in [-0.39, 0.29) is 28.2 Å². The Labute approximate surface area is 195 Å². The van der Waals surface area contributed by atoms with Gasteiger partial charge in [-0.1, -0.05) is 11.2 Å². The summed E-state index contributed by atoms with van der Waals surface area (Å²) in [6.07, 6.45) is -4.22. The maximum atomic E-state index is 12.8. The fourth-order valence-corrected chi connectivity index (χ4v) is 4.79. The third-order valence-corrected chi connectivity index (χ3v) is 6.26. The minimum absolute atomic E-state index is 0.0593. The van der Waals surface area contributed by atoms with E-state index in [0.29, 0.717) is 6.08 Å². The van der Waals surface area contributed by atoms with E-state index in [4.69, 9.17) is 10.8 Å². The number of aromatic nitrogens is 1. The number of nitrogens with one attached hydrogen (secondary N) is 1. The van der Waals surface area contributed by atoms with Gasteiger partial charge in [-0.25, -0.2) is 14.6 Å². The number of thioether (sulfide) groups is 1. The molecule has 2 aliphatic rings. The molecule has 0 spiro atoms. The molecule has 182 valence electrons. The van der Waals surface area contributed by atoms with Crippen LogP contribution in [-0.2, 0) is 24.0 Å². The van der Waals surface area contributed by atoms with E-state index < -0.39 is 59.4 Å². The Bertz CT molecular complexity index is 1130. The molecule has 3 heterocycles. The second-order valence-corrected chi connectivity index (χ2v) is 8.59. The number of carbonyl (C=O) groups excluding carboxylic acids is 2. The Hall–Kier alpha value is -3.60. The number of hydrogen-bond acceptors (Lipinski definition) is 10. The molecule has 1 saturated heterocycles. The van der Waals surface area contributed by atoms with Crippen molar-refractivity contribution in [1.82, 2.24) is 15.2 Å². The molecule has 2 aliphatic heterocycles. The zero-order valence-electron chi connectivity index (χ0n) is 16.6. The van der Waals surface area contributed by atoms with Crippen molar-refractivity contribution in [2.75, 3.05) is 18.1 Å². The second kappa shape index (κ2) is 9.72. The Morgan fingerprint density at radius 3 is 2.65 bits per heavy atom. The number of carbonyl (C=O) groups is 4. The summed E-state index contributed by atoms with van der Waals surface area (Å²) in [5.41, 5.74) is 4.16. The molecule has 0 aromatic carbocycles. The van der Waals surface area contributed by atoms with Crippen LogP contribution < -0.4 is 11.1 Å². The smallest absolute Gasteiger partial charge is 0.409 e. The molecule has 0 aliphatic carbocycles. The molecular formula is C17H14F3N5O7S2. The number of anilines is 1. The van der Waals surface area contributed by atoms with E-state index in [1.54, 1.807) is 0 Å². The third-order valence-electron chi connectivity index (χ3n) is 4.28. The molecule has 0 bridgehead atoms. The number of fused-ring (bicyclic) bond motifs is 1. The van der Waals surface area contributed by atoms with Crippen LogP contribution in [0.3, 0.4) is 0 Å². The van der Waals surface area contributed by atoms with Gasteiger partial charge in [-0.15, -0.1) is 23.1 Å². The molecule has 12 nitrogen and oxygen atoms in total. The molecule has 1 aromatic heterocycles. The molecule has 1 unspecified atom stereocenters. The van der Waals surface area contributed by atoms with Gasteiger partial charge in [-0.2, -0.15) is 13.2 Å². The van der Waals surface area contributed by atoms with Gasteiger partial charge in [0.15, 0.2) is 10.8 Å². The van der Waals surface area contributed by atoms with Gasteiger partial charge in [-0.05, 0) is 5.57 Å². The Kier molecular flexibility index (Phi) is 7.15. The van der Waals surface area contributed by atoms with Crippen molar-refractivity contribution in [1.29, 1.82) is 0 Å². The molecule has 0 radical (unpaired) electrons. The highest BCUT2D eigenvalue weighted by Crippen LogP contribution is 2.41. The predicted octanol–water partition coefficient (Wildman–Crippen LogP) is 0.388. The molecule has 3 rings (SSSR count). The van der Waals surface area contributed by atoms with Gasteiger partial charge in [0, 0.05) is 17.2 Å². The molecule has 34 heavy (non-hydrogen) atoms. The first-order valence-corrected chi connectivity index (χ1v) is 10.9. The summed E-state index contributed by atoms with van der Waals surface area (Å²) in [4.78, 5) is 56.9. The normalized spacial score (nSPS) is 20.7.